The molecule has 82 valence electrons. The van der Waals surface area contributed by atoms with Crippen molar-refractivity contribution < 1.29 is 4.79 Å². The Morgan fingerprint density at radius 1 is 1.31 bits per heavy atom. The van der Waals surface area contributed by atoms with Crippen LogP contribution in [0, 0.1) is 0 Å². The molecule has 0 aliphatic rings. The molecule has 2 rings (SSSR count). The minimum absolute atomic E-state index is 0.143. The van der Waals surface area contributed by atoms with E-state index in [2.05, 4.69) is 10.3 Å². The summed E-state index contributed by atoms with van der Waals surface area (Å²) in [6.45, 7) is 1.07. The number of pyridine rings is 1. The molecular weight excluding hydrogens is 220 g/mol. The van der Waals surface area contributed by atoms with E-state index in [4.69, 9.17) is 0 Å². The van der Waals surface area contributed by atoms with Crippen molar-refractivity contribution in [1.29, 1.82) is 0 Å². The molecule has 0 aromatic carbocycles. The Morgan fingerprint density at radius 2 is 2.12 bits per heavy atom. The highest BCUT2D eigenvalue weighted by molar-refractivity contribution is 7.12. The third-order valence-corrected chi connectivity index (χ3v) is 3.07. The first-order valence-electron chi connectivity index (χ1n) is 5.02. The van der Waals surface area contributed by atoms with Crippen molar-refractivity contribution in [3.63, 3.8) is 0 Å². The van der Waals surface area contributed by atoms with E-state index in [0.29, 0.717) is 13.1 Å². The molecule has 0 amide bonds. The molecule has 0 unspecified atom stereocenters. The zero-order valence-electron chi connectivity index (χ0n) is 8.72. The van der Waals surface area contributed by atoms with Crippen LogP contribution in [0.5, 0.6) is 0 Å². The lowest BCUT2D eigenvalue weighted by Gasteiger charge is -2.02. The van der Waals surface area contributed by atoms with Crippen LogP contribution < -0.4 is 5.32 Å². The van der Waals surface area contributed by atoms with Crippen molar-refractivity contribution in [2.75, 3.05) is 6.54 Å². The summed E-state index contributed by atoms with van der Waals surface area (Å²) in [4.78, 5) is 16.4. The minimum atomic E-state index is 0.143. The van der Waals surface area contributed by atoms with Gasteiger partial charge in [0.15, 0.2) is 5.78 Å². The number of carbonyl (C=O) groups is 1. The molecule has 16 heavy (non-hydrogen) atoms. The second-order valence-electron chi connectivity index (χ2n) is 3.36. The topological polar surface area (TPSA) is 42.0 Å². The van der Waals surface area contributed by atoms with Crippen LogP contribution in [-0.2, 0) is 6.54 Å². The van der Waals surface area contributed by atoms with Gasteiger partial charge in [0.2, 0.25) is 0 Å². The van der Waals surface area contributed by atoms with Gasteiger partial charge >= 0.3 is 0 Å². The summed E-state index contributed by atoms with van der Waals surface area (Å²) in [5, 5.41) is 5.03. The van der Waals surface area contributed by atoms with Crippen LogP contribution in [0.1, 0.15) is 15.2 Å². The highest BCUT2D eigenvalue weighted by atomic mass is 32.1. The van der Waals surface area contributed by atoms with Gasteiger partial charge in [-0.2, -0.15) is 0 Å². The molecule has 0 aliphatic carbocycles. The van der Waals surface area contributed by atoms with Gasteiger partial charge in [-0.1, -0.05) is 6.07 Å². The molecule has 0 atom stereocenters. The number of thiophene rings is 1. The third kappa shape index (κ3) is 2.98. The van der Waals surface area contributed by atoms with Crippen LogP contribution in [0.4, 0.5) is 0 Å². The fourth-order valence-electron chi connectivity index (χ4n) is 1.35. The van der Waals surface area contributed by atoms with Crippen LogP contribution >= 0.6 is 11.3 Å². The fourth-order valence-corrected chi connectivity index (χ4v) is 2.01. The van der Waals surface area contributed by atoms with Crippen LogP contribution in [0.25, 0.3) is 0 Å². The zero-order chi connectivity index (χ0) is 11.2. The van der Waals surface area contributed by atoms with E-state index in [1.54, 1.807) is 12.4 Å². The molecule has 3 nitrogen and oxygen atoms in total. The summed E-state index contributed by atoms with van der Waals surface area (Å²) in [5.41, 5.74) is 1.13. The number of carbonyl (C=O) groups excluding carboxylic acids is 1. The highest BCUT2D eigenvalue weighted by Crippen LogP contribution is 2.08. The maximum atomic E-state index is 11.6. The predicted octanol–water partition coefficient (Wildman–Crippen LogP) is 2.12. The minimum Gasteiger partial charge on any atom is -0.306 e. The number of aromatic nitrogens is 1. The molecule has 1 N–H and O–H groups in total. The maximum Gasteiger partial charge on any atom is 0.186 e. The largest absolute Gasteiger partial charge is 0.306 e. The van der Waals surface area contributed by atoms with Gasteiger partial charge in [0.25, 0.3) is 0 Å². The second kappa shape index (κ2) is 5.53. The summed E-state index contributed by atoms with van der Waals surface area (Å²) < 4.78 is 0. The van der Waals surface area contributed by atoms with E-state index in [1.807, 2.05) is 29.6 Å². The molecule has 0 aliphatic heterocycles. The Hall–Kier alpha value is -1.52. The molecule has 0 saturated carbocycles. The molecule has 0 saturated heterocycles. The maximum absolute atomic E-state index is 11.6. The summed E-state index contributed by atoms with van der Waals surface area (Å²) in [7, 11) is 0. The molecule has 4 heteroatoms. The standard InChI is InChI=1S/C12H12N2OS/c15-11(12-2-1-7-16-12)9-14-8-10-3-5-13-6-4-10/h1-7,14H,8-9H2. The number of nitrogens with zero attached hydrogens (tertiary/aromatic N) is 1. The van der Waals surface area contributed by atoms with E-state index in [9.17, 15) is 4.79 Å². The van der Waals surface area contributed by atoms with Gasteiger partial charge in [-0.05, 0) is 29.1 Å². The Bertz CT molecular complexity index is 439. The van der Waals surface area contributed by atoms with Gasteiger partial charge in [-0.3, -0.25) is 9.78 Å². The summed E-state index contributed by atoms with van der Waals surface area (Å²) in [6.07, 6.45) is 3.50. The van der Waals surface area contributed by atoms with Crippen LogP contribution in [0.2, 0.25) is 0 Å². The summed E-state index contributed by atoms with van der Waals surface area (Å²) >= 11 is 1.48. The number of hydrogen-bond donors (Lipinski definition) is 1. The first-order valence-corrected chi connectivity index (χ1v) is 5.90. The Morgan fingerprint density at radius 3 is 2.81 bits per heavy atom. The van der Waals surface area contributed by atoms with E-state index < -0.39 is 0 Å². The molecule has 2 heterocycles. The van der Waals surface area contributed by atoms with E-state index in [0.717, 1.165) is 10.4 Å². The first-order chi connectivity index (χ1) is 7.86. The number of Topliss-reactive ketones (excluding diaryl/α,β-unsaturated/α-hetero) is 1. The first kappa shape index (κ1) is 11.0. The molecule has 0 fully saturated rings. The Kier molecular flexibility index (Phi) is 3.80. The smallest absolute Gasteiger partial charge is 0.186 e. The predicted molar refractivity (Wildman–Crippen MR) is 64.6 cm³/mol. The van der Waals surface area contributed by atoms with Gasteiger partial charge in [-0.15, -0.1) is 11.3 Å². The quantitative estimate of drug-likeness (QED) is 0.803. The van der Waals surface area contributed by atoms with Gasteiger partial charge in [0.1, 0.15) is 0 Å². The molecule has 0 radical (unpaired) electrons. The Labute approximate surface area is 98.2 Å². The zero-order valence-corrected chi connectivity index (χ0v) is 9.54. The normalized spacial score (nSPS) is 10.2. The number of nitrogens with one attached hydrogen (secondary N) is 1. The SMILES string of the molecule is O=C(CNCc1ccncc1)c1cccs1. The molecule has 2 aromatic heterocycles. The van der Waals surface area contributed by atoms with E-state index in [1.165, 1.54) is 11.3 Å². The van der Waals surface area contributed by atoms with Gasteiger partial charge in [0.05, 0.1) is 11.4 Å². The molecule has 2 aromatic rings. The van der Waals surface area contributed by atoms with Crippen molar-refractivity contribution in [2.24, 2.45) is 0 Å². The average molecular weight is 232 g/mol. The monoisotopic (exact) mass is 232 g/mol. The van der Waals surface area contributed by atoms with Gasteiger partial charge in [-0.25, -0.2) is 0 Å². The average Bonchev–Trinajstić information content (AvgIpc) is 2.84. The van der Waals surface area contributed by atoms with E-state index >= 15 is 0 Å². The fraction of sp³-hybridized carbons (Fsp3) is 0.167. The summed E-state index contributed by atoms with van der Waals surface area (Å²) in [5.74, 6) is 0.143. The Balaban J connectivity index is 1.79. The van der Waals surface area contributed by atoms with Crippen molar-refractivity contribution in [3.8, 4) is 0 Å². The number of rotatable bonds is 5. The molecular formula is C12H12N2OS. The molecule has 0 bridgehead atoms. The van der Waals surface area contributed by atoms with E-state index in [-0.39, 0.29) is 5.78 Å². The second-order valence-corrected chi connectivity index (χ2v) is 4.31. The van der Waals surface area contributed by atoms with Crippen molar-refractivity contribution >= 4 is 17.1 Å². The van der Waals surface area contributed by atoms with Crippen LogP contribution in [0.3, 0.4) is 0 Å². The number of ketones is 1. The van der Waals surface area contributed by atoms with Gasteiger partial charge in [0, 0.05) is 18.9 Å². The lowest BCUT2D eigenvalue weighted by Crippen LogP contribution is -2.21. The van der Waals surface area contributed by atoms with Crippen molar-refractivity contribution in [1.82, 2.24) is 10.3 Å². The van der Waals surface area contributed by atoms with Crippen molar-refractivity contribution in [2.45, 2.75) is 6.54 Å². The van der Waals surface area contributed by atoms with Crippen molar-refractivity contribution in [3.05, 3.63) is 52.5 Å². The lowest BCUT2D eigenvalue weighted by molar-refractivity contribution is 0.0994. The van der Waals surface area contributed by atoms with Crippen LogP contribution in [0.15, 0.2) is 42.0 Å². The lowest BCUT2D eigenvalue weighted by atomic mass is 10.2. The molecule has 0 spiro atoms. The third-order valence-electron chi connectivity index (χ3n) is 2.16. The van der Waals surface area contributed by atoms with Gasteiger partial charge < -0.3 is 5.32 Å². The van der Waals surface area contributed by atoms with Crippen LogP contribution in [-0.4, -0.2) is 17.3 Å². The summed E-state index contributed by atoms with van der Waals surface area (Å²) in [6, 6.07) is 7.60. The highest BCUT2D eigenvalue weighted by Gasteiger charge is 2.05. The number of hydrogen-bond acceptors (Lipinski definition) is 4.